The standard InChI is InChI=1S/C11H13ClN2/c1-9-4-5-11(10(12)8-9)14-7-3-2-6-13/h4-5,8,14H,2-3,7H2,1H3. The van der Waals surface area contributed by atoms with Crippen molar-refractivity contribution < 1.29 is 0 Å². The van der Waals surface area contributed by atoms with Crippen molar-refractivity contribution in [1.82, 2.24) is 0 Å². The molecular formula is C11H13ClN2. The van der Waals surface area contributed by atoms with Crippen molar-refractivity contribution in [2.75, 3.05) is 11.9 Å². The van der Waals surface area contributed by atoms with Crippen molar-refractivity contribution in [3.05, 3.63) is 28.8 Å². The van der Waals surface area contributed by atoms with Crippen LogP contribution in [0.1, 0.15) is 18.4 Å². The fraction of sp³-hybridized carbons (Fsp3) is 0.364. The van der Waals surface area contributed by atoms with Crippen LogP contribution in [-0.4, -0.2) is 6.54 Å². The lowest BCUT2D eigenvalue weighted by molar-refractivity contribution is 0.897. The molecule has 1 aromatic carbocycles. The van der Waals surface area contributed by atoms with Crippen molar-refractivity contribution in [2.45, 2.75) is 19.8 Å². The summed E-state index contributed by atoms with van der Waals surface area (Å²) >= 11 is 6.01. The van der Waals surface area contributed by atoms with Crippen LogP contribution in [0, 0.1) is 18.3 Å². The molecule has 0 saturated carbocycles. The molecule has 0 aliphatic heterocycles. The van der Waals surface area contributed by atoms with Crippen LogP contribution in [0.5, 0.6) is 0 Å². The SMILES string of the molecule is Cc1ccc(NCCCC#N)c(Cl)c1. The first-order chi connectivity index (χ1) is 6.74. The Bertz CT molecular complexity index is 342. The average Bonchev–Trinajstić information content (AvgIpc) is 2.15. The van der Waals surface area contributed by atoms with Crippen molar-refractivity contribution in [2.24, 2.45) is 0 Å². The van der Waals surface area contributed by atoms with E-state index in [1.807, 2.05) is 25.1 Å². The summed E-state index contributed by atoms with van der Waals surface area (Å²) in [6.07, 6.45) is 1.43. The van der Waals surface area contributed by atoms with Crippen LogP contribution >= 0.6 is 11.6 Å². The molecule has 74 valence electrons. The van der Waals surface area contributed by atoms with Crippen LogP contribution in [0.25, 0.3) is 0 Å². The van der Waals surface area contributed by atoms with Crippen LogP contribution in [0.15, 0.2) is 18.2 Å². The minimum absolute atomic E-state index is 0.580. The first-order valence-corrected chi connectivity index (χ1v) is 4.99. The molecule has 0 fully saturated rings. The van der Waals surface area contributed by atoms with E-state index in [4.69, 9.17) is 16.9 Å². The first kappa shape index (κ1) is 10.9. The van der Waals surface area contributed by atoms with E-state index in [1.54, 1.807) is 0 Å². The number of anilines is 1. The van der Waals surface area contributed by atoms with Gasteiger partial charge in [0.05, 0.1) is 16.8 Å². The molecule has 1 rings (SSSR count). The van der Waals surface area contributed by atoms with Gasteiger partial charge in [0.1, 0.15) is 0 Å². The van der Waals surface area contributed by atoms with E-state index in [-0.39, 0.29) is 0 Å². The van der Waals surface area contributed by atoms with E-state index in [0.717, 1.165) is 29.2 Å². The molecule has 2 nitrogen and oxygen atoms in total. The van der Waals surface area contributed by atoms with Crippen molar-refractivity contribution in [3.8, 4) is 6.07 Å². The topological polar surface area (TPSA) is 35.8 Å². The number of aryl methyl sites for hydroxylation is 1. The van der Waals surface area contributed by atoms with Gasteiger partial charge in [-0.15, -0.1) is 0 Å². The zero-order chi connectivity index (χ0) is 10.4. The summed E-state index contributed by atoms with van der Waals surface area (Å²) in [6.45, 7) is 2.79. The molecule has 0 amide bonds. The van der Waals surface area contributed by atoms with Gasteiger partial charge in [-0.2, -0.15) is 5.26 Å². The summed E-state index contributed by atoms with van der Waals surface area (Å²) in [6, 6.07) is 8.00. The van der Waals surface area contributed by atoms with Gasteiger partial charge < -0.3 is 5.32 Å². The first-order valence-electron chi connectivity index (χ1n) is 4.61. The van der Waals surface area contributed by atoms with Crippen LogP contribution in [0.3, 0.4) is 0 Å². The van der Waals surface area contributed by atoms with Gasteiger partial charge in [-0.25, -0.2) is 0 Å². The van der Waals surface area contributed by atoms with Crippen LogP contribution < -0.4 is 5.32 Å². The fourth-order valence-corrected chi connectivity index (χ4v) is 1.46. The number of benzene rings is 1. The van der Waals surface area contributed by atoms with Gasteiger partial charge >= 0.3 is 0 Å². The highest BCUT2D eigenvalue weighted by Crippen LogP contribution is 2.22. The molecule has 0 radical (unpaired) electrons. The molecule has 0 spiro atoms. The molecule has 0 aliphatic rings. The molecule has 0 saturated heterocycles. The molecule has 1 N–H and O–H groups in total. The summed E-state index contributed by atoms with van der Waals surface area (Å²) in [5.74, 6) is 0. The Labute approximate surface area is 89.5 Å². The number of unbranched alkanes of at least 4 members (excludes halogenated alkanes) is 1. The van der Waals surface area contributed by atoms with Gasteiger partial charge in [0.25, 0.3) is 0 Å². The van der Waals surface area contributed by atoms with Crippen molar-refractivity contribution in [1.29, 1.82) is 5.26 Å². The summed E-state index contributed by atoms with van der Waals surface area (Å²) in [5, 5.41) is 12.3. The van der Waals surface area contributed by atoms with Gasteiger partial charge in [-0.3, -0.25) is 0 Å². The predicted molar refractivity (Wildman–Crippen MR) is 59.5 cm³/mol. The third kappa shape index (κ3) is 3.27. The number of halogens is 1. The zero-order valence-corrected chi connectivity index (χ0v) is 8.93. The minimum atomic E-state index is 0.580. The van der Waals surface area contributed by atoms with Gasteiger partial charge in [-0.1, -0.05) is 17.7 Å². The Morgan fingerprint density at radius 1 is 1.50 bits per heavy atom. The summed E-state index contributed by atoms with van der Waals surface area (Å²) in [4.78, 5) is 0. The average molecular weight is 209 g/mol. The van der Waals surface area contributed by atoms with Crippen molar-refractivity contribution >= 4 is 17.3 Å². The largest absolute Gasteiger partial charge is 0.384 e. The summed E-state index contributed by atoms with van der Waals surface area (Å²) in [7, 11) is 0. The lowest BCUT2D eigenvalue weighted by Crippen LogP contribution is -2.01. The Morgan fingerprint density at radius 2 is 2.29 bits per heavy atom. The van der Waals surface area contributed by atoms with E-state index in [0.29, 0.717) is 6.42 Å². The second-order valence-electron chi connectivity index (χ2n) is 3.17. The van der Waals surface area contributed by atoms with E-state index in [9.17, 15) is 0 Å². The molecule has 0 bridgehead atoms. The second-order valence-corrected chi connectivity index (χ2v) is 3.58. The maximum atomic E-state index is 8.35. The number of hydrogen-bond acceptors (Lipinski definition) is 2. The highest BCUT2D eigenvalue weighted by Gasteiger charge is 1.98. The van der Waals surface area contributed by atoms with Gasteiger partial charge in [0.2, 0.25) is 0 Å². The summed E-state index contributed by atoms with van der Waals surface area (Å²) in [5.41, 5.74) is 2.09. The third-order valence-electron chi connectivity index (χ3n) is 1.91. The molecule has 0 aliphatic carbocycles. The Hall–Kier alpha value is -1.20. The molecule has 0 atom stereocenters. The minimum Gasteiger partial charge on any atom is -0.384 e. The molecule has 0 unspecified atom stereocenters. The lowest BCUT2D eigenvalue weighted by Gasteiger charge is -2.07. The quantitative estimate of drug-likeness (QED) is 0.771. The van der Waals surface area contributed by atoms with E-state index in [2.05, 4.69) is 11.4 Å². The fourth-order valence-electron chi connectivity index (χ4n) is 1.15. The third-order valence-corrected chi connectivity index (χ3v) is 2.22. The molecule has 14 heavy (non-hydrogen) atoms. The van der Waals surface area contributed by atoms with Gasteiger partial charge in [-0.05, 0) is 31.0 Å². The van der Waals surface area contributed by atoms with Crippen LogP contribution in [0.2, 0.25) is 5.02 Å². The van der Waals surface area contributed by atoms with E-state index in [1.165, 1.54) is 0 Å². The van der Waals surface area contributed by atoms with Gasteiger partial charge in [0.15, 0.2) is 0 Å². The highest BCUT2D eigenvalue weighted by atomic mass is 35.5. The zero-order valence-electron chi connectivity index (χ0n) is 8.18. The number of nitrogens with one attached hydrogen (secondary N) is 1. The van der Waals surface area contributed by atoms with Crippen LogP contribution in [0.4, 0.5) is 5.69 Å². The normalized spacial score (nSPS) is 9.50. The summed E-state index contributed by atoms with van der Waals surface area (Å²) < 4.78 is 0. The van der Waals surface area contributed by atoms with E-state index < -0.39 is 0 Å². The molecular weight excluding hydrogens is 196 g/mol. The molecule has 3 heteroatoms. The maximum absolute atomic E-state index is 8.35. The molecule has 1 aromatic rings. The van der Waals surface area contributed by atoms with Crippen molar-refractivity contribution in [3.63, 3.8) is 0 Å². The second kappa shape index (κ2) is 5.51. The number of rotatable bonds is 4. The number of nitrogens with zero attached hydrogens (tertiary/aromatic N) is 1. The molecule has 0 aromatic heterocycles. The maximum Gasteiger partial charge on any atom is 0.0640 e. The number of nitriles is 1. The monoisotopic (exact) mass is 208 g/mol. The Balaban J connectivity index is 2.47. The van der Waals surface area contributed by atoms with Gasteiger partial charge in [0, 0.05) is 13.0 Å². The Kier molecular flexibility index (Phi) is 4.28. The Morgan fingerprint density at radius 3 is 2.93 bits per heavy atom. The highest BCUT2D eigenvalue weighted by molar-refractivity contribution is 6.33. The lowest BCUT2D eigenvalue weighted by atomic mass is 10.2. The van der Waals surface area contributed by atoms with E-state index >= 15 is 0 Å². The predicted octanol–water partition coefficient (Wildman–Crippen LogP) is 3.36. The number of hydrogen-bond donors (Lipinski definition) is 1. The smallest absolute Gasteiger partial charge is 0.0640 e. The van der Waals surface area contributed by atoms with Crippen LogP contribution in [-0.2, 0) is 0 Å². The molecule has 0 heterocycles.